The maximum atomic E-state index is 8.96. The molecule has 3 aromatic carbocycles. The molecule has 0 unspecified atom stereocenters. The van der Waals surface area contributed by atoms with Crippen molar-refractivity contribution in [1.29, 1.82) is 0 Å². The van der Waals surface area contributed by atoms with E-state index in [1.54, 1.807) is 26.8 Å². The average molecular weight is 975 g/mol. The fourth-order valence-electron chi connectivity index (χ4n) is 11.2. The van der Waals surface area contributed by atoms with Gasteiger partial charge in [0, 0.05) is 50.2 Å². The molecule has 7 aromatic rings. The zero-order valence-corrected chi connectivity index (χ0v) is 39.3. The van der Waals surface area contributed by atoms with Crippen LogP contribution in [0.5, 0.6) is 0 Å². The summed E-state index contributed by atoms with van der Waals surface area (Å²) in [5.41, 5.74) is 11.4. The van der Waals surface area contributed by atoms with Gasteiger partial charge in [-0.1, -0.05) is 129 Å². The molecule has 0 bridgehead atoms. The fraction of sp³-hybridized carbons (Fsp3) is 0.400. The van der Waals surface area contributed by atoms with E-state index in [0.717, 1.165) is 40.6 Å². The van der Waals surface area contributed by atoms with Gasteiger partial charge in [-0.3, -0.25) is 0 Å². The van der Waals surface area contributed by atoms with E-state index >= 15 is 0 Å². The predicted molar refractivity (Wildman–Crippen MR) is 243 cm³/mol. The Morgan fingerprint density at radius 2 is 1.42 bits per heavy atom. The molecule has 0 fully saturated rings. The van der Waals surface area contributed by atoms with E-state index in [2.05, 4.69) is 126 Å². The van der Waals surface area contributed by atoms with Gasteiger partial charge in [0.05, 0.1) is 11.3 Å². The maximum Gasteiger partial charge on any atom is 0.216 e. The number of nitrogens with zero attached hydrogens (tertiary/aromatic N) is 3. The molecule has 4 aromatic heterocycles. The van der Waals surface area contributed by atoms with Gasteiger partial charge in [-0.2, -0.15) is 0 Å². The van der Waals surface area contributed by atoms with Crippen molar-refractivity contribution in [2.24, 2.45) is 10.8 Å². The monoisotopic (exact) mass is 975 g/mol. The van der Waals surface area contributed by atoms with Crippen molar-refractivity contribution in [2.45, 2.75) is 130 Å². The van der Waals surface area contributed by atoms with Crippen molar-refractivity contribution in [2.75, 3.05) is 0 Å². The minimum atomic E-state index is -2.52. The Balaban J connectivity index is 0.000000241. The van der Waals surface area contributed by atoms with Crippen LogP contribution in [0.4, 0.5) is 0 Å². The van der Waals surface area contributed by atoms with E-state index in [4.69, 9.17) is 16.3 Å². The number of furan rings is 1. The van der Waals surface area contributed by atoms with E-state index in [-0.39, 0.29) is 58.3 Å². The van der Waals surface area contributed by atoms with Crippen LogP contribution in [0.2, 0.25) is 0 Å². The van der Waals surface area contributed by atoms with Crippen molar-refractivity contribution in [3.8, 4) is 22.5 Å². The summed E-state index contributed by atoms with van der Waals surface area (Å²) in [6, 6.07) is 33.2. The molecule has 5 heteroatoms. The summed E-state index contributed by atoms with van der Waals surface area (Å²) in [5.74, 6) is 0. The third kappa shape index (κ3) is 6.61. The van der Waals surface area contributed by atoms with Gasteiger partial charge in [-0.15, -0.1) is 54.1 Å². The van der Waals surface area contributed by atoms with Gasteiger partial charge in [-0.05, 0) is 110 Å². The first-order valence-corrected chi connectivity index (χ1v) is 21.1. The number of aryl methyl sites for hydroxylation is 1. The summed E-state index contributed by atoms with van der Waals surface area (Å²) in [5, 5.41) is 1.79. The molecule has 0 saturated carbocycles. The molecule has 0 atom stereocenters. The summed E-state index contributed by atoms with van der Waals surface area (Å²) < 4.78 is 48.7. The molecule has 4 heterocycles. The van der Waals surface area contributed by atoms with Crippen molar-refractivity contribution in [3.63, 3.8) is 0 Å². The van der Waals surface area contributed by atoms with Gasteiger partial charge in [0.2, 0.25) is 5.71 Å². The maximum absolute atomic E-state index is 8.96. The van der Waals surface area contributed by atoms with Gasteiger partial charge >= 0.3 is 0 Å². The molecular formula is C55H59IrN3O-2. The number of hydrogen-bond acceptors (Lipinski definition) is 4. The van der Waals surface area contributed by atoms with E-state index in [1.165, 1.54) is 40.4 Å². The molecule has 0 amide bonds. The van der Waals surface area contributed by atoms with Gasteiger partial charge in [0.15, 0.2) is 0 Å². The second kappa shape index (κ2) is 14.3. The molecule has 0 aliphatic heterocycles. The van der Waals surface area contributed by atoms with Crippen LogP contribution in [0, 0.1) is 29.8 Å². The van der Waals surface area contributed by atoms with Crippen LogP contribution in [0.3, 0.4) is 0 Å². The van der Waals surface area contributed by atoms with Crippen molar-refractivity contribution < 1.29 is 31.4 Å². The quantitative estimate of drug-likeness (QED) is 0.166. The second-order valence-corrected chi connectivity index (χ2v) is 20.7. The Hall–Kier alpha value is -4.44. The van der Waals surface area contributed by atoms with Gasteiger partial charge < -0.3 is 14.4 Å². The number of fused-ring (bicyclic) bond motifs is 6. The Morgan fingerprint density at radius 1 is 0.733 bits per heavy atom. The SMILES string of the molecule is CC1(C)CC(C)(C)c2cc(-c3[c-]cccc3)ncc21.[2H]C([2H])([2H])c1cnc(-c2[c-]ccc3c2oc2nc4c(cc23)C(C)(C)C2(Cc3ccccc3C2)C4(C)C)cc1C([2H])([2H])C(C)(C)C.[Ir]. The number of benzene rings is 3. The average Bonchev–Trinajstić information content (AvgIpc) is 3.90. The molecular weight excluding hydrogens is 911 g/mol. The topological polar surface area (TPSA) is 51.8 Å². The molecule has 3 aliphatic rings. The Kier molecular flexibility index (Phi) is 8.65. The zero-order valence-electron chi connectivity index (χ0n) is 41.9. The molecule has 10 rings (SSSR count). The minimum Gasteiger partial charge on any atom is -0.486 e. The fourth-order valence-corrected chi connectivity index (χ4v) is 11.2. The zero-order chi connectivity index (χ0) is 46.2. The predicted octanol–water partition coefficient (Wildman–Crippen LogP) is 13.6. The number of aromatic nitrogens is 3. The minimum absolute atomic E-state index is 0. The second-order valence-electron chi connectivity index (χ2n) is 20.7. The number of rotatable bonds is 3. The molecule has 0 N–H and O–H groups in total. The van der Waals surface area contributed by atoms with Crippen molar-refractivity contribution >= 4 is 22.1 Å². The third-order valence-electron chi connectivity index (χ3n) is 14.1. The summed E-state index contributed by atoms with van der Waals surface area (Å²) >= 11 is 0. The van der Waals surface area contributed by atoms with Crippen LogP contribution in [0.25, 0.3) is 44.6 Å². The van der Waals surface area contributed by atoms with Crippen LogP contribution in [-0.4, -0.2) is 15.0 Å². The molecule has 60 heavy (non-hydrogen) atoms. The van der Waals surface area contributed by atoms with E-state index < -0.39 is 18.6 Å². The molecule has 4 nitrogen and oxygen atoms in total. The largest absolute Gasteiger partial charge is 0.486 e. The molecule has 311 valence electrons. The summed E-state index contributed by atoms with van der Waals surface area (Å²) in [6.45, 7) is 21.5. The summed E-state index contributed by atoms with van der Waals surface area (Å²) in [6.07, 6.45) is 4.60. The Bertz CT molecular complexity index is 2970. The van der Waals surface area contributed by atoms with Crippen LogP contribution in [0.1, 0.15) is 134 Å². The Morgan fingerprint density at radius 3 is 2.08 bits per heavy atom. The standard InChI is InChI=1S/C37H39N2O.C18H20N.Ir/c1-22-21-38-30(16-25(22)18-34(2,3)4)27-15-11-14-26-28-17-29-32(39-33(28)40-31(26)27)36(7,8)37(35(29,5)6)19-23-12-9-10-13-24(23)20-37;1-17(2)12-18(3,4)15-11-19-16(10-14(15)17)13-8-6-5-7-9-13;/h9-14,16-17,21H,18-20H2,1-8H3;5-8,10-11H,12H2,1-4H3;/q2*-1;/i1D3,18D2;;. The summed E-state index contributed by atoms with van der Waals surface area (Å²) in [4.78, 5) is 14.4. The normalized spacial score (nSPS) is 20.1. The Labute approximate surface area is 378 Å². The van der Waals surface area contributed by atoms with Gasteiger partial charge in [-0.25, -0.2) is 4.98 Å². The van der Waals surface area contributed by atoms with Crippen molar-refractivity contribution in [3.05, 3.63) is 148 Å². The van der Waals surface area contributed by atoms with Crippen molar-refractivity contribution in [1.82, 2.24) is 15.0 Å². The van der Waals surface area contributed by atoms with Gasteiger partial charge in [0.1, 0.15) is 0 Å². The molecule has 1 spiro atoms. The van der Waals surface area contributed by atoms with E-state index in [0.29, 0.717) is 22.6 Å². The molecule has 1 radical (unpaired) electrons. The number of hydrogen-bond donors (Lipinski definition) is 0. The van der Waals surface area contributed by atoms with Crippen LogP contribution >= 0.6 is 0 Å². The first kappa shape index (κ1) is 36.2. The first-order chi connectivity index (χ1) is 29.7. The van der Waals surface area contributed by atoms with Crippen LogP contribution < -0.4 is 0 Å². The first-order valence-electron chi connectivity index (χ1n) is 23.6. The van der Waals surface area contributed by atoms with E-state index in [9.17, 15) is 0 Å². The molecule has 0 saturated heterocycles. The smallest absolute Gasteiger partial charge is 0.216 e. The van der Waals surface area contributed by atoms with Crippen LogP contribution in [-0.2, 0) is 61.0 Å². The third-order valence-corrected chi connectivity index (χ3v) is 14.1. The van der Waals surface area contributed by atoms with Crippen LogP contribution in [0.15, 0.2) is 95.7 Å². The number of pyridine rings is 3. The summed E-state index contributed by atoms with van der Waals surface area (Å²) in [7, 11) is 0. The van der Waals surface area contributed by atoms with Gasteiger partial charge in [0.25, 0.3) is 0 Å². The van der Waals surface area contributed by atoms with E-state index in [1.807, 2.05) is 30.3 Å². The molecule has 3 aliphatic carbocycles.